The Labute approximate surface area is 343 Å². The van der Waals surface area contributed by atoms with Crippen molar-refractivity contribution in [3.63, 3.8) is 0 Å². The molecule has 9 rings (SSSR count). The monoisotopic (exact) mass is 815 g/mol. The number of cyclic esters (lactones) is 1. The van der Waals surface area contributed by atoms with Crippen LogP contribution in [0.25, 0.3) is 33.4 Å². The molecule has 5 aromatic rings. The number of fused-ring (bicyclic) bond motifs is 8. The number of hydrogen-bond donors (Lipinski definition) is 3. The number of benzene rings is 3. The highest BCUT2D eigenvalue weighted by Gasteiger charge is 2.46. The van der Waals surface area contributed by atoms with E-state index in [-0.39, 0.29) is 56.5 Å². The van der Waals surface area contributed by atoms with E-state index in [1.165, 1.54) is 22.6 Å². The molecule has 2 aromatic heterocycles. The first-order valence-corrected chi connectivity index (χ1v) is 19.9. The van der Waals surface area contributed by atoms with Gasteiger partial charge in [-0.25, -0.2) is 19.0 Å². The molecule has 3 aromatic carbocycles. The number of ether oxygens (including phenoxy) is 3. The fourth-order valence-electron chi connectivity index (χ4n) is 9.21. The molecule has 15 heteroatoms. The van der Waals surface area contributed by atoms with Crippen LogP contribution in [0.2, 0.25) is 0 Å². The maximum Gasteiger partial charge on any atom is 0.407 e. The van der Waals surface area contributed by atoms with Crippen LogP contribution in [-0.2, 0) is 53.8 Å². The minimum atomic E-state index is -2.01. The van der Waals surface area contributed by atoms with Crippen molar-refractivity contribution in [1.82, 2.24) is 25.1 Å². The zero-order valence-electron chi connectivity index (χ0n) is 33.2. The average Bonchev–Trinajstić information content (AvgIpc) is 3.78. The van der Waals surface area contributed by atoms with E-state index in [0.717, 1.165) is 27.8 Å². The van der Waals surface area contributed by atoms with Crippen LogP contribution in [0.15, 0.2) is 65.5 Å². The molecule has 3 N–H and O–H groups in total. The van der Waals surface area contributed by atoms with Crippen molar-refractivity contribution < 1.29 is 42.9 Å². The zero-order valence-corrected chi connectivity index (χ0v) is 33.2. The number of aryl methyl sites for hydroxylation is 1. The molecule has 0 saturated heterocycles. The van der Waals surface area contributed by atoms with Gasteiger partial charge < -0.3 is 39.4 Å². The summed E-state index contributed by atoms with van der Waals surface area (Å²) in [6.45, 7) is 2.28. The quantitative estimate of drug-likeness (QED) is 0.131. The topological polar surface area (TPSA) is 178 Å². The Bertz CT molecular complexity index is 2690. The lowest BCUT2D eigenvalue weighted by Crippen LogP contribution is -2.44. The molecule has 60 heavy (non-hydrogen) atoms. The molecule has 2 aliphatic heterocycles. The number of aromatic nitrogens is 2. The van der Waals surface area contributed by atoms with Gasteiger partial charge in [0.05, 0.1) is 35.1 Å². The summed E-state index contributed by atoms with van der Waals surface area (Å²) in [7, 11) is 1.48. The first-order valence-electron chi connectivity index (χ1n) is 19.9. The van der Waals surface area contributed by atoms with E-state index in [1.807, 2.05) is 48.5 Å². The van der Waals surface area contributed by atoms with Gasteiger partial charge in [0.2, 0.25) is 11.8 Å². The summed E-state index contributed by atoms with van der Waals surface area (Å²) in [6, 6.07) is 18.4. The highest BCUT2D eigenvalue weighted by molar-refractivity contribution is 5.94. The van der Waals surface area contributed by atoms with Crippen LogP contribution in [0, 0.1) is 12.7 Å². The number of alkyl carbamates (subject to hydrolysis) is 1. The normalized spacial score (nSPS) is 18.1. The predicted octanol–water partition coefficient (Wildman–Crippen LogP) is 4.60. The van der Waals surface area contributed by atoms with Crippen molar-refractivity contribution in [2.24, 2.45) is 0 Å². The van der Waals surface area contributed by atoms with Gasteiger partial charge in [0, 0.05) is 35.5 Å². The van der Waals surface area contributed by atoms with Crippen molar-refractivity contribution in [3.05, 3.63) is 121 Å². The average molecular weight is 816 g/mol. The lowest BCUT2D eigenvalue weighted by molar-refractivity contribution is -0.172. The Morgan fingerprint density at radius 3 is 2.48 bits per heavy atom. The van der Waals surface area contributed by atoms with Crippen LogP contribution < -0.4 is 16.2 Å². The van der Waals surface area contributed by atoms with E-state index in [4.69, 9.17) is 19.2 Å². The number of likely N-dealkylation sites (N-methyl/N-ethyl adjacent to an activating group) is 1. The third-order valence-corrected chi connectivity index (χ3v) is 12.4. The lowest BCUT2D eigenvalue weighted by atomic mass is 9.81. The van der Waals surface area contributed by atoms with Crippen molar-refractivity contribution in [1.29, 1.82) is 0 Å². The Morgan fingerprint density at radius 2 is 1.77 bits per heavy atom. The van der Waals surface area contributed by atoms with Gasteiger partial charge in [-0.3, -0.25) is 14.4 Å². The maximum absolute atomic E-state index is 15.3. The summed E-state index contributed by atoms with van der Waals surface area (Å²) in [5.74, 6) is -2.32. The number of carbonyl (C=O) groups excluding carboxylic acids is 4. The molecule has 0 saturated carbocycles. The minimum Gasteiger partial charge on any atom is -0.458 e. The number of hydrogen-bond acceptors (Lipinski definition) is 10. The van der Waals surface area contributed by atoms with Gasteiger partial charge in [0.15, 0.2) is 5.60 Å². The summed E-state index contributed by atoms with van der Waals surface area (Å²) >= 11 is 0. The van der Waals surface area contributed by atoms with Gasteiger partial charge in [0.1, 0.15) is 38.9 Å². The number of nitrogens with zero attached hydrogens (tertiary/aromatic N) is 3. The number of aliphatic hydroxyl groups is 1. The summed E-state index contributed by atoms with van der Waals surface area (Å²) in [5.41, 5.74) is 5.99. The summed E-state index contributed by atoms with van der Waals surface area (Å²) in [6.07, 6.45) is 0.129. The van der Waals surface area contributed by atoms with E-state index in [1.54, 1.807) is 19.9 Å². The molecule has 0 spiro atoms. The molecule has 4 heterocycles. The first-order chi connectivity index (χ1) is 28.9. The fraction of sp³-hybridized carbons (Fsp3) is 0.333. The molecule has 4 aliphatic rings. The molecule has 3 amide bonds. The van der Waals surface area contributed by atoms with Crippen molar-refractivity contribution in [2.75, 3.05) is 33.5 Å². The number of nitrogens with one attached hydrogen (secondary N) is 2. The largest absolute Gasteiger partial charge is 0.458 e. The third-order valence-electron chi connectivity index (χ3n) is 12.4. The number of pyridine rings is 2. The van der Waals surface area contributed by atoms with Crippen LogP contribution in [0.4, 0.5) is 9.18 Å². The summed E-state index contributed by atoms with van der Waals surface area (Å²) in [5, 5.41) is 17.6. The van der Waals surface area contributed by atoms with Gasteiger partial charge in [-0.1, -0.05) is 55.5 Å². The second-order valence-electron chi connectivity index (χ2n) is 15.7. The SMILES string of the molecule is CC[C@@]1(O)C(=O)OCc2c1cc1n(c2=O)Cc2c-1nc1cc(F)c(C)c3c1c2[C@@H](NC(=O)COCN(C)C(=O)CNC(=O)OCC1c2ccccc2-c2ccccc21)CC3. The van der Waals surface area contributed by atoms with E-state index >= 15 is 4.39 Å². The highest BCUT2D eigenvalue weighted by atomic mass is 19.1. The zero-order chi connectivity index (χ0) is 42.0. The number of rotatable bonds is 10. The van der Waals surface area contributed by atoms with Crippen LogP contribution in [0.1, 0.15) is 76.2 Å². The Hall–Kier alpha value is -6.45. The first kappa shape index (κ1) is 39.0. The number of halogens is 1. The molecule has 2 atom stereocenters. The number of amides is 3. The molecule has 0 radical (unpaired) electrons. The molecular formula is C45H42FN5O9. The Morgan fingerprint density at radius 1 is 1.05 bits per heavy atom. The smallest absolute Gasteiger partial charge is 0.407 e. The highest BCUT2D eigenvalue weighted by Crippen LogP contribution is 2.47. The van der Waals surface area contributed by atoms with Crippen molar-refractivity contribution in [3.8, 4) is 22.5 Å². The third kappa shape index (κ3) is 6.30. The minimum absolute atomic E-state index is 0.0167. The van der Waals surface area contributed by atoms with Crippen molar-refractivity contribution >= 4 is 34.8 Å². The second-order valence-corrected chi connectivity index (χ2v) is 15.7. The lowest BCUT2D eigenvalue weighted by Gasteiger charge is -2.31. The fourth-order valence-corrected chi connectivity index (χ4v) is 9.21. The van der Waals surface area contributed by atoms with Crippen molar-refractivity contribution in [2.45, 2.75) is 63.8 Å². The standard InChI is InChI=1S/C45H42FN5O9/c1-4-45(57)32-15-36-41-29(18-51(36)42(54)31(32)20-59-43(45)55)40-34(14-13-24-23(2)33(46)16-35(49-41)39(24)40)48-37(52)21-58-22-50(3)38(53)17-47-44(56)60-19-30-27-11-7-5-9-25(27)26-10-6-8-12-28(26)30/h5-12,15-16,30,34,57H,4,13-14,17-22H2,1-3H3,(H,47,56)(H,48,52)/t34-,45-/m0/s1. The molecule has 0 fully saturated rings. The van der Waals surface area contributed by atoms with Crippen LogP contribution in [-0.4, -0.2) is 77.0 Å². The van der Waals surface area contributed by atoms with E-state index < -0.39 is 53.5 Å². The Balaban J connectivity index is 0.852. The second kappa shape index (κ2) is 15.0. The van der Waals surface area contributed by atoms with Crippen LogP contribution in [0.5, 0.6) is 0 Å². The van der Waals surface area contributed by atoms with E-state index in [0.29, 0.717) is 51.8 Å². The van der Waals surface area contributed by atoms with Gasteiger partial charge in [-0.15, -0.1) is 0 Å². The van der Waals surface area contributed by atoms with Crippen LogP contribution >= 0.6 is 0 Å². The predicted molar refractivity (Wildman–Crippen MR) is 215 cm³/mol. The van der Waals surface area contributed by atoms with Crippen LogP contribution in [0.3, 0.4) is 0 Å². The molecular weight excluding hydrogens is 774 g/mol. The Kier molecular flexibility index (Phi) is 9.75. The van der Waals surface area contributed by atoms with Gasteiger partial charge in [-0.2, -0.15) is 0 Å². The number of carbonyl (C=O) groups is 4. The van der Waals surface area contributed by atoms with Gasteiger partial charge in [0.25, 0.3) is 5.56 Å². The molecule has 308 valence electrons. The molecule has 0 unspecified atom stereocenters. The van der Waals surface area contributed by atoms with Gasteiger partial charge >= 0.3 is 12.1 Å². The molecule has 14 nitrogen and oxygen atoms in total. The molecule has 0 bridgehead atoms. The summed E-state index contributed by atoms with van der Waals surface area (Å²) < 4.78 is 33.2. The van der Waals surface area contributed by atoms with E-state index in [2.05, 4.69) is 10.6 Å². The van der Waals surface area contributed by atoms with E-state index in [9.17, 15) is 29.1 Å². The summed E-state index contributed by atoms with van der Waals surface area (Å²) in [4.78, 5) is 71.6. The van der Waals surface area contributed by atoms with Gasteiger partial charge in [-0.05, 0) is 71.2 Å². The maximum atomic E-state index is 15.3. The number of esters is 1. The molecule has 2 aliphatic carbocycles.